The number of pyridine rings is 1. The average molecular weight is 280 g/mol. The molecule has 110 valence electrons. The number of nitrogens with one attached hydrogen (secondary N) is 2. The summed E-state index contributed by atoms with van der Waals surface area (Å²) in [6.07, 6.45) is 2.15. The number of carbonyl (C=O) groups is 2. The largest absolute Gasteiger partial charge is 0.481 e. The van der Waals surface area contributed by atoms with Crippen LogP contribution in [0.5, 0.6) is 0 Å². The fraction of sp³-hybridized carbons (Fsp3) is 0.500. The molecule has 0 saturated carbocycles. The Hall–Kier alpha value is -2.11. The van der Waals surface area contributed by atoms with Gasteiger partial charge in [0.05, 0.1) is 0 Å². The van der Waals surface area contributed by atoms with Crippen LogP contribution in [-0.4, -0.2) is 28.5 Å². The Kier molecular flexibility index (Phi) is 5.96. The molecule has 0 aliphatic carbocycles. The van der Waals surface area contributed by atoms with Crippen molar-refractivity contribution in [1.29, 1.82) is 0 Å². The minimum Gasteiger partial charge on any atom is -0.481 e. The van der Waals surface area contributed by atoms with Crippen LogP contribution in [0.3, 0.4) is 0 Å². The van der Waals surface area contributed by atoms with Gasteiger partial charge in [0.2, 0.25) is 5.56 Å². The number of hydrogen-bond donors (Lipinski definition) is 3. The summed E-state index contributed by atoms with van der Waals surface area (Å²) in [5, 5.41) is 11.5. The van der Waals surface area contributed by atoms with E-state index in [1.165, 1.54) is 18.3 Å². The van der Waals surface area contributed by atoms with Crippen LogP contribution in [0.4, 0.5) is 0 Å². The predicted molar refractivity (Wildman–Crippen MR) is 74.6 cm³/mol. The average Bonchev–Trinajstić information content (AvgIpc) is 2.34. The van der Waals surface area contributed by atoms with Crippen LogP contribution in [0.15, 0.2) is 23.1 Å². The van der Waals surface area contributed by atoms with Gasteiger partial charge in [-0.25, -0.2) is 0 Å². The molecule has 1 unspecified atom stereocenters. The van der Waals surface area contributed by atoms with Crippen molar-refractivity contribution in [3.8, 4) is 0 Å². The topological polar surface area (TPSA) is 99.3 Å². The van der Waals surface area contributed by atoms with Crippen molar-refractivity contribution < 1.29 is 14.7 Å². The third-order valence-corrected chi connectivity index (χ3v) is 2.86. The number of amides is 1. The van der Waals surface area contributed by atoms with Crippen molar-refractivity contribution in [3.05, 3.63) is 34.2 Å². The Balaban J connectivity index is 2.60. The number of H-pyrrole nitrogens is 1. The number of aromatic nitrogens is 1. The first-order valence-electron chi connectivity index (χ1n) is 6.57. The normalized spacial score (nSPS) is 12.2. The molecule has 0 spiro atoms. The number of carbonyl (C=O) groups excluding carboxylic acids is 1. The molecule has 0 radical (unpaired) electrons. The Morgan fingerprint density at radius 3 is 2.65 bits per heavy atom. The highest BCUT2D eigenvalue weighted by molar-refractivity contribution is 5.93. The molecule has 0 aliphatic heterocycles. The highest BCUT2D eigenvalue weighted by atomic mass is 16.4. The summed E-state index contributed by atoms with van der Waals surface area (Å²) in [5.74, 6) is -0.995. The van der Waals surface area contributed by atoms with Crippen LogP contribution in [0.2, 0.25) is 0 Å². The summed E-state index contributed by atoms with van der Waals surface area (Å²) in [7, 11) is 0. The van der Waals surface area contributed by atoms with E-state index < -0.39 is 5.97 Å². The molecule has 1 rings (SSSR count). The maximum Gasteiger partial charge on any atom is 0.303 e. The van der Waals surface area contributed by atoms with Crippen molar-refractivity contribution in [1.82, 2.24) is 10.3 Å². The van der Waals surface area contributed by atoms with E-state index >= 15 is 0 Å². The Morgan fingerprint density at radius 1 is 1.40 bits per heavy atom. The molecule has 1 amide bonds. The van der Waals surface area contributed by atoms with Gasteiger partial charge in [-0.1, -0.05) is 13.8 Å². The molecule has 0 bridgehead atoms. The summed E-state index contributed by atoms with van der Waals surface area (Å²) >= 11 is 0. The van der Waals surface area contributed by atoms with Crippen molar-refractivity contribution in [2.24, 2.45) is 11.8 Å². The van der Waals surface area contributed by atoms with E-state index in [0.717, 1.165) is 6.42 Å². The zero-order chi connectivity index (χ0) is 15.1. The number of rotatable bonds is 7. The second kappa shape index (κ2) is 7.47. The minimum atomic E-state index is -0.874. The number of aliphatic carboxylic acids is 1. The smallest absolute Gasteiger partial charge is 0.303 e. The number of carboxylic acid groups (broad SMARTS) is 1. The fourth-order valence-corrected chi connectivity index (χ4v) is 2.08. The minimum absolute atomic E-state index is 0.0217. The molecule has 6 nitrogen and oxygen atoms in total. The highest BCUT2D eigenvalue weighted by Crippen LogP contribution is 2.14. The second-order valence-electron chi connectivity index (χ2n) is 5.25. The van der Waals surface area contributed by atoms with Gasteiger partial charge in [0.1, 0.15) is 0 Å². The van der Waals surface area contributed by atoms with Gasteiger partial charge in [-0.3, -0.25) is 14.4 Å². The first-order valence-corrected chi connectivity index (χ1v) is 6.57. The third kappa shape index (κ3) is 5.69. The zero-order valence-electron chi connectivity index (χ0n) is 11.7. The quantitative estimate of drug-likeness (QED) is 0.699. The van der Waals surface area contributed by atoms with Gasteiger partial charge in [-0.15, -0.1) is 0 Å². The van der Waals surface area contributed by atoms with Crippen LogP contribution in [0.1, 0.15) is 37.0 Å². The Morgan fingerprint density at radius 2 is 2.10 bits per heavy atom. The predicted octanol–water partition coefficient (Wildman–Crippen LogP) is 1.24. The third-order valence-electron chi connectivity index (χ3n) is 2.86. The van der Waals surface area contributed by atoms with Crippen molar-refractivity contribution in [2.75, 3.05) is 6.54 Å². The first-order chi connectivity index (χ1) is 9.38. The summed E-state index contributed by atoms with van der Waals surface area (Å²) in [4.78, 5) is 36.2. The van der Waals surface area contributed by atoms with E-state index in [1.54, 1.807) is 0 Å². The summed E-state index contributed by atoms with van der Waals surface area (Å²) < 4.78 is 0. The van der Waals surface area contributed by atoms with Gasteiger partial charge in [0.25, 0.3) is 5.91 Å². The van der Waals surface area contributed by atoms with Crippen LogP contribution in [0.25, 0.3) is 0 Å². The second-order valence-corrected chi connectivity index (χ2v) is 5.25. The standard InChI is InChI=1S/C14H20N2O4/c1-9(2)5-10(6-13(18)19)8-16-14(20)11-3-4-15-12(17)7-11/h3-4,7,9-10H,5-6,8H2,1-2H3,(H,15,17)(H,16,20)(H,18,19). The molecule has 6 heteroatoms. The molecule has 0 aliphatic rings. The molecule has 0 saturated heterocycles. The number of hydrogen-bond acceptors (Lipinski definition) is 3. The molecule has 0 aromatic carbocycles. The summed E-state index contributed by atoms with van der Waals surface area (Å²) in [6.45, 7) is 4.30. The lowest BCUT2D eigenvalue weighted by Crippen LogP contribution is -2.31. The van der Waals surface area contributed by atoms with Gasteiger partial charge >= 0.3 is 5.97 Å². The lowest BCUT2D eigenvalue weighted by Gasteiger charge is -2.17. The molecule has 20 heavy (non-hydrogen) atoms. The van der Waals surface area contributed by atoms with E-state index in [-0.39, 0.29) is 35.9 Å². The maximum atomic E-state index is 11.9. The van der Waals surface area contributed by atoms with Gasteiger partial charge in [-0.05, 0) is 24.3 Å². The van der Waals surface area contributed by atoms with Crippen molar-refractivity contribution >= 4 is 11.9 Å². The first kappa shape index (κ1) is 15.9. The SMILES string of the molecule is CC(C)CC(CNC(=O)c1cc[nH]c(=O)c1)CC(=O)O. The fourth-order valence-electron chi connectivity index (χ4n) is 2.08. The van der Waals surface area contributed by atoms with Crippen LogP contribution < -0.4 is 10.9 Å². The molecule has 1 aromatic heterocycles. The van der Waals surface area contributed by atoms with Gasteiger partial charge in [-0.2, -0.15) is 0 Å². The van der Waals surface area contributed by atoms with E-state index in [0.29, 0.717) is 5.92 Å². The number of carboxylic acids is 1. The van der Waals surface area contributed by atoms with Crippen LogP contribution in [-0.2, 0) is 4.79 Å². The van der Waals surface area contributed by atoms with Gasteiger partial charge in [0, 0.05) is 30.8 Å². The Bertz CT molecular complexity index is 522. The molecule has 0 fully saturated rings. The molecule has 1 atom stereocenters. The molecule has 1 aromatic rings. The van der Waals surface area contributed by atoms with Crippen molar-refractivity contribution in [3.63, 3.8) is 0 Å². The highest BCUT2D eigenvalue weighted by Gasteiger charge is 2.16. The van der Waals surface area contributed by atoms with E-state index in [2.05, 4.69) is 10.3 Å². The Labute approximate surface area is 117 Å². The summed E-state index contributed by atoms with van der Waals surface area (Å²) in [5.41, 5.74) is -0.0747. The summed E-state index contributed by atoms with van der Waals surface area (Å²) in [6, 6.07) is 2.72. The molecule has 1 heterocycles. The van der Waals surface area contributed by atoms with Gasteiger partial charge < -0.3 is 15.4 Å². The zero-order valence-corrected chi connectivity index (χ0v) is 11.7. The van der Waals surface area contributed by atoms with Crippen molar-refractivity contribution in [2.45, 2.75) is 26.7 Å². The molecule has 3 N–H and O–H groups in total. The molecular formula is C14H20N2O4. The number of aromatic amines is 1. The van der Waals surface area contributed by atoms with Gasteiger partial charge in [0.15, 0.2) is 0 Å². The molecular weight excluding hydrogens is 260 g/mol. The van der Waals surface area contributed by atoms with Crippen LogP contribution in [0, 0.1) is 11.8 Å². The maximum absolute atomic E-state index is 11.9. The van der Waals surface area contributed by atoms with Crippen LogP contribution >= 0.6 is 0 Å². The van der Waals surface area contributed by atoms with E-state index in [4.69, 9.17) is 5.11 Å². The van der Waals surface area contributed by atoms with E-state index in [1.807, 2.05) is 13.8 Å². The lowest BCUT2D eigenvalue weighted by molar-refractivity contribution is -0.138. The van der Waals surface area contributed by atoms with E-state index in [9.17, 15) is 14.4 Å². The lowest BCUT2D eigenvalue weighted by atomic mass is 9.94. The monoisotopic (exact) mass is 280 g/mol.